The molecule has 0 bridgehead atoms. The normalized spacial score (nSPS) is 10.1. The van der Waals surface area contributed by atoms with E-state index in [0.29, 0.717) is 11.4 Å². The van der Waals surface area contributed by atoms with Crippen molar-refractivity contribution in [3.63, 3.8) is 0 Å². The number of nitrogens with two attached hydrogens (primary N) is 1. The second kappa shape index (κ2) is 6.31. The molecule has 0 radical (unpaired) electrons. The van der Waals surface area contributed by atoms with Gasteiger partial charge in [0.25, 0.3) is 11.8 Å². The summed E-state index contributed by atoms with van der Waals surface area (Å²) in [5.74, 6) is -0.489. The van der Waals surface area contributed by atoms with Crippen LogP contribution in [0.15, 0.2) is 24.3 Å². The smallest absolute Gasteiger partial charge is 0.286 e. The van der Waals surface area contributed by atoms with Gasteiger partial charge in [-0.2, -0.15) is 0 Å². The summed E-state index contributed by atoms with van der Waals surface area (Å²) in [6.45, 7) is -0.199. The van der Waals surface area contributed by atoms with Crippen LogP contribution in [0, 0.1) is 0 Å². The van der Waals surface area contributed by atoms with Crippen molar-refractivity contribution in [2.75, 3.05) is 11.9 Å². The van der Waals surface area contributed by atoms with E-state index in [1.165, 1.54) is 0 Å². The maximum atomic E-state index is 11.8. The number of amides is 2. The number of carbonyl (C=O) groups is 2. The van der Waals surface area contributed by atoms with Crippen LogP contribution in [0.1, 0.15) is 9.80 Å². The van der Waals surface area contributed by atoms with Crippen molar-refractivity contribution in [1.82, 2.24) is 10.2 Å². The summed E-state index contributed by atoms with van der Waals surface area (Å²) in [6, 6.07) is 6.45. The van der Waals surface area contributed by atoms with Gasteiger partial charge in [0.05, 0.1) is 0 Å². The van der Waals surface area contributed by atoms with Gasteiger partial charge in [-0.3, -0.25) is 9.59 Å². The van der Waals surface area contributed by atoms with Crippen LogP contribution in [-0.2, 0) is 4.79 Å². The molecule has 20 heavy (non-hydrogen) atoms. The lowest BCUT2D eigenvalue weighted by Crippen LogP contribution is -2.20. The lowest BCUT2D eigenvalue weighted by Gasteiger charge is -2.05. The van der Waals surface area contributed by atoms with Gasteiger partial charge in [0.2, 0.25) is 9.47 Å². The standard InChI is InChI=1S/C11H9ClN4O3S/c12-11-16-15-10(20-11)9(18)14-6-1-3-7(4-2-6)19-5-8(13)17/h1-4H,5H2,(H2,13,17)(H,14,18). The molecular weight excluding hydrogens is 304 g/mol. The number of halogens is 1. The first-order chi connectivity index (χ1) is 9.54. The number of rotatable bonds is 5. The van der Waals surface area contributed by atoms with Crippen molar-refractivity contribution in [2.45, 2.75) is 0 Å². The van der Waals surface area contributed by atoms with Gasteiger partial charge in [-0.25, -0.2) is 0 Å². The van der Waals surface area contributed by atoms with E-state index in [1.807, 2.05) is 0 Å². The molecule has 1 aromatic carbocycles. The van der Waals surface area contributed by atoms with Crippen LogP contribution in [0.5, 0.6) is 5.75 Å². The van der Waals surface area contributed by atoms with E-state index in [1.54, 1.807) is 24.3 Å². The molecule has 0 aliphatic rings. The molecule has 9 heteroatoms. The lowest BCUT2D eigenvalue weighted by atomic mass is 10.3. The van der Waals surface area contributed by atoms with Crippen molar-refractivity contribution in [1.29, 1.82) is 0 Å². The van der Waals surface area contributed by atoms with Gasteiger partial charge in [-0.05, 0) is 35.9 Å². The minimum Gasteiger partial charge on any atom is -0.484 e. The van der Waals surface area contributed by atoms with E-state index in [4.69, 9.17) is 22.1 Å². The predicted octanol–water partition coefficient (Wildman–Crippen LogP) is 1.31. The number of nitrogens with zero attached hydrogens (tertiary/aromatic N) is 2. The van der Waals surface area contributed by atoms with Crippen molar-refractivity contribution < 1.29 is 14.3 Å². The molecule has 104 valence electrons. The molecule has 0 unspecified atom stereocenters. The summed E-state index contributed by atoms with van der Waals surface area (Å²) in [6.07, 6.45) is 0. The highest BCUT2D eigenvalue weighted by Crippen LogP contribution is 2.19. The zero-order chi connectivity index (χ0) is 14.5. The van der Waals surface area contributed by atoms with E-state index < -0.39 is 11.8 Å². The largest absolute Gasteiger partial charge is 0.484 e. The average molecular weight is 313 g/mol. The number of aromatic nitrogens is 2. The Balaban J connectivity index is 1.96. The highest BCUT2D eigenvalue weighted by Gasteiger charge is 2.12. The number of carbonyl (C=O) groups excluding carboxylic acids is 2. The van der Waals surface area contributed by atoms with Gasteiger partial charge in [0.15, 0.2) is 6.61 Å². The van der Waals surface area contributed by atoms with Crippen molar-refractivity contribution in [2.24, 2.45) is 5.73 Å². The monoisotopic (exact) mass is 312 g/mol. The second-order valence-corrected chi connectivity index (χ2v) is 5.15. The Morgan fingerprint density at radius 2 is 2.00 bits per heavy atom. The van der Waals surface area contributed by atoms with E-state index in [-0.39, 0.29) is 16.1 Å². The SMILES string of the molecule is NC(=O)COc1ccc(NC(=O)c2nnc(Cl)s2)cc1. The van der Waals surface area contributed by atoms with Gasteiger partial charge in [-0.1, -0.05) is 11.3 Å². The fraction of sp³-hybridized carbons (Fsp3) is 0.0909. The Bertz CT molecular complexity index is 629. The maximum absolute atomic E-state index is 11.8. The second-order valence-electron chi connectivity index (χ2n) is 3.59. The molecule has 0 saturated heterocycles. The highest BCUT2D eigenvalue weighted by molar-refractivity contribution is 7.17. The highest BCUT2D eigenvalue weighted by atomic mass is 35.5. The van der Waals surface area contributed by atoms with Crippen LogP contribution in [0.3, 0.4) is 0 Å². The Morgan fingerprint density at radius 3 is 2.55 bits per heavy atom. The average Bonchev–Trinajstić information content (AvgIpc) is 2.85. The van der Waals surface area contributed by atoms with E-state index in [2.05, 4.69) is 15.5 Å². The molecule has 3 N–H and O–H groups in total. The topological polar surface area (TPSA) is 107 Å². The van der Waals surface area contributed by atoms with Crippen LogP contribution in [0.4, 0.5) is 5.69 Å². The van der Waals surface area contributed by atoms with Crippen LogP contribution in [-0.4, -0.2) is 28.6 Å². The van der Waals surface area contributed by atoms with E-state index in [0.717, 1.165) is 11.3 Å². The maximum Gasteiger partial charge on any atom is 0.286 e. The molecule has 0 fully saturated rings. The number of anilines is 1. The molecule has 7 nitrogen and oxygen atoms in total. The summed E-state index contributed by atoms with van der Waals surface area (Å²) in [4.78, 5) is 22.3. The molecule has 0 aliphatic carbocycles. The van der Waals surface area contributed by atoms with Gasteiger partial charge in [-0.15, -0.1) is 10.2 Å². The third-order valence-corrected chi connectivity index (χ3v) is 3.11. The zero-order valence-corrected chi connectivity index (χ0v) is 11.6. The van der Waals surface area contributed by atoms with Gasteiger partial charge < -0.3 is 15.8 Å². The number of hydrogen-bond donors (Lipinski definition) is 2. The number of primary amides is 1. The first-order valence-corrected chi connectivity index (χ1v) is 6.55. The first kappa shape index (κ1) is 14.2. The first-order valence-electron chi connectivity index (χ1n) is 5.36. The molecule has 1 heterocycles. The molecule has 2 amide bonds. The molecule has 2 aromatic rings. The minimum atomic E-state index is -0.560. The molecule has 0 saturated carbocycles. The summed E-state index contributed by atoms with van der Waals surface area (Å²) in [7, 11) is 0. The fourth-order valence-corrected chi connectivity index (χ4v) is 1.99. The predicted molar refractivity (Wildman–Crippen MR) is 74.0 cm³/mol. The van der Waals surface area contributed by atoms with Gasteiger partial charge in [0, 0.05) is 5.69 Å². The molecular formula is C11H9ClN4O3S. The Kier molecular flexibility index (Phi) is 4.49. The zero-order valence-electron chi connectivity index (χ0n) is 10.00. The fourth-order valence-electron chi connectivity index (χ4n) is 1.27. The molecule has 1 aromatic heterocycles. The Hall–Kier alpha value is -2.19. The number of benzene rings is 1. The third kappa shape index (κ3) is 3.90. The summed E-state index contributed by atoms with van der Waals surface area (Å²) in [5.41, 5.74) is 5.51. The number of hydrogen-bond acceptors (Lipinski definition) is 6. The van der Waals surface area contributed by atoms with E-state index >= 15 is 0 Å². The van der Waals surface area contributed by atoms with Crippen LogP contribution < -0.4 is 15.8 Å². The third-order valence-electron chi connectivity index (χ3n) is 2.09. The molecule has 0 aliphatic heterocycles. The quantitative estimate of drug-likeness (QED) is 0.865. The van der Waals surface area contributed by atoms with E-state index in [9.17, 15) is 9.59 Å². The van der Waals surface area contributed by atoms with Crippen LogP contribution >= 0.6 is 22.9 Å². The van der Waals surface area contributed by atoms with Gasteiger partial charge >= 0.3 is 0 Å². The van der Waals surface area contributed by atoms with Crippen molar-refractivity contribution in [3.8, 4) is 5.75 Å². The Morgan fingerprint density at radius 1 is 1.30 bits per heavy atom. The van der Waals surface area contributed by atoms with Gasteiger partial charge in [0.1, 0.15) is 5.75 Å². The molecule has 0 spiro atoms. The lowest BCUT2D eigenvalue weighted by molar-refractivity contribution is -0.119. The molecule has 0 atom stereocenters. The van der Waals surface area contributed by atoms with Crippen LogP contribution in [0.25, 0.3) is 0 Å². The summed E-state index contributed by atoms with van der Waals surface area (Å²) >= 11 is 6.58. The Labute approximate surface area is 122 Å². The number of ether oxygens (including phenoxy) is 1. The van der Waals surface area contributed by atoms with Crippen molar-refractivity contribution >= 4 is 40.4 Å². The number of nitrogens with one attached hydrogen (secondary N) is 1. The molecule has 2 rings (SSSR count). The minimum absolute atomic E-state index is 0.170. The summed E-state index contributed by atoms with van der Waals surface area (Å²) < 4.78 is 5.29. The van der Waals surface area contributed by atoms with Crippen LogP contribution in [0.2, 0.25) is 4.47 Å². The summed E-state index contributed by atoms with van der Waals surface area (Å²) in [5, 5.41) is 9.97. The van der Waals surface area contributed by atoms with Crippen molar-refractivity contribution in [3.05, 3.63) is 33.7 Å².